The Labute approximate surface area is 302 Å². The maximum absolute atomic E-state index is 12.4. The number of aliphatic hydroxyl groups is 1. The molecule has 0 radical (unpaired) electrons. The first-order valence-corrected chi connectivity index (χ1v) is 18.2. The highest BCUT2D eigenvalue weighted by Crippen LogP contribution is 2.40. The Morgan fingerprint density at radius 1 is 0.784 bits per heavy atom. The van der Waals surface area contributed by atoms with E-state index in [0.29, 0.717) is 38.0 Å². The van der Waals surface area contributed by atoms with Crippen molar-refractivity contribution in [3.8, 4) is 11.1 Å². The lowest BCUT2D eigenvalue weighted by Gasteiger charge is -2.36. The van der Waals surface area contributed by atoms with Gasteiger partial charge in [-0.25, -0.2) is 5.48 Å². The zero-order valence-electron chi connectivity index (χ0n) is 28.7. The van der Waals surface area contributed by atoms with Gasteiger partial charge in [-0.15, -0.1) is 11.8 Å². The number of thioether (sulfide) groups is 1. The summed E-state index contributed by atoms with van der Waals surface area (Å²) in [5.74, 6) is 0.139. The van der Waals surface area contributed by atoms with Gasteiger partial charge >= 0.3 is 0 Å². The molecule has 0 aromatic heterocycles. The molecule has 1 fully saturated rings. The van der Waals surface area contributed by atoms with Crippen LogP contribution in [0, 0.1) is 0 Å². The number of amides is 3. The summed E-state index contributed by atoms with van der Waals surface area (Å²) in [5, 5.41) is 23.9. The second kappa shape index (κ2) is 19.2. The number of anilines is 1. The first kappa shape index (κ1) is 37.7. The van der Waals surface area contributed by atoms with E-state index < -0.39 is 12.2 Å². The van der Waals surface area contributed by atoms with E-state index in [1.165, 1.54) is 6.92 Å². The van der Waals surface area contributed by atoms with Crippen molar-refractivity contribution in [2.24, 2.45) is 0 Å². The molecule has 0 spiro atoms. The minimum Gasteiger partial charge on any atom is -0.392 e. The molecule has 10 nitrogen and oxygen atoms in total. The number of hydrogen-bond donors (Lipinski definition) is 5. The molecule has 4 aromatic rings. The number of benzene rings is 4. The molecule has 0 saturated carbocycles. The van der Waals surface area contributed by atoms with Crippen LogP contribution in [-0.4, -0.2) is 39.9 Å². The van der Waals surface area contributed by atoms with Gasteiger partial charge in [-0.3, -0.25) is 19.6 Å². The van der Waals surface area contributed by atoms with Gasteiger partial charge < -0.3 is 25.2 Å². The van der Waals surface area contributed by atoms with Gasteiger partial charge in [0.25, 0.3) is 0 Å². The van der Waals surface area contributed by atoms with Gasteiger partial charge in [0.1, 0.15) is 0 Å². The molecule has 1 saturated heterocycles. The molecule has 5 N–H and O–H groups in total. The maximum Gasteiger partial charge on any atom is 0.243 e. The zero-order chi connectivity index (χ0) is 36.0. The average Bonchev–Trinajstić information content (AvgIpc) is 3.16. The van der Waals surface area contributed by atoms with Crippen LogP contribution < -0.4 is 16.1 Å². The van der Waals surface area contributed by atoms with Gasteiger partial charge in [-0.05, 0) is 77.1 Å². The number of hydroxylamine groups is 1. The van der Waals surface area contributed by atoms with Crippen LogP contribution >= 0.6 is 11.8 Å². The lowest BCUT2D eigenvalue weighted by molar-refractivity contribution is -0.245. The Hall–Kier alpha value is -4.52. The van der Waals surface area contributed by atoms with Crippen molar-refractivity contribution in [1.29, 1.82) is 0 Å². The molecule has 1 aliphatic heterocycles. The number of nitrogens with one attached hydrogen (secondary N) is 3. The highest BCUT2D eigenvalue weighted by Gasteiger charge is 2.32. The normalized spacial score (nSPS) is 17.0. The monoisotopic (exact) mass is 711 g/mol. The fourth-order valence-corrected chi connectivity index (χ4v) is 6.79. The molecular formula is C40H45N3O7S. The number of carbonyl (C=O) groups is 3. The van der Waals surface area contributed by atoms with Crippen LogP contribution in [0.15, 0.2) is 102 Å². The van der Waals surface area contributed by atoms with Gasteiger partial charge in [0.05, 0.1) is 18.8 Å². The van der Waals surface area contributed by atoms with Crippen LogP contribution in [0.3, 0.4) is 0 Å². The van der Waals surface area contributed by atoms with Crippen LogP contribution in [0.2, 0.25) is 0 Å². The standard InChI is InChI=1S/C40H45N3O7S/c1-27(45)42-34-17-19-36(20-18-34)51-26-35-23-37(30-15-13-28(25-44)14-16-30)50-40(49-35)33-10-6-9-32(22-33)31-8-5-7-29(21-31)24-41-38(46)11-3-2-4-12-39(47)43-48/h5-10,13-22,35,37,40,44,48H,2-4,11-12,23-26H2,1H3,(H,41,46)(H,42,45)(H,43,47)/t35-,37+,40+/m0/s1. The summed E-state index contributed by atoms with van der Waals surface area (Å²) >= 11 is 1.69. The van der Waals surface area contributed by atoms with E-state index in [1.807, 2.05) is 84.9 Å². The first-order chi connectivity index (χ1) is 24.8. The minimum absolute atomic E-state index is 0.0209. The summed E-state index contributed by atoms with van der Waals surface area (Å²) in [5.41, 5.74) is 8.12. The van der Waals surface area contributed by atoms with E-state index in [1.54, 1.807) is 17.2 Å². The van der Waals surface area contributed by atoms with E-state index in [-0.39, 0.29) is 37.0 Å². The summed E-state index contributed by atoms with van der Waals surface area (Å²) in [7, 11) is 0. The fraction of sp³-hybridized carbons (Fsp3) is 0.325. The van der Waals surface area contributed by atoms with E-state index >= 15 is 0 Å². The van der Waals surface area contributed by atoms with Crippen molar-refractivity contribution in [1.82, 2.24) is 10.8 Å². The van der Waals surface area contributed by atoms with Crippen LogP contribution in [0.5, 0.6) is 0 Å². The summed E-state index contributed by atoms with van der Waals surface area (Å²) in [4.78, 5) is 36.0. The fourth-order valence-electron chi connectivity index (χ4n) is 5.87. The van der Waals surface area contributed by atoms with Gasteiger partial charge in [0.15, 0.2) is 6.29 Å². The third kappa shape index (κ3) is 11.8. The summed E-state index contributed by atoms with van der Waals surface area (Å²) in [6.45, 7) is 1.87. The quantitative estimate of drug-likeness (QED) is 0.0355. The van der Waals surface area contributed by atoms with Crippen molar-refractivity contribution >= 4 is 35.2 Å². The molecule has 51 heavy (non-hydrogen) atoms. The molecule has 5 rings (SSSR count). The summed E-state index contributed by atoms with van der Waals surface area (Å²) in [6, 6.07) is 31.8. The molecule has 1 heterocycles. The van der Waals surface area contributed by atoms with Gasteiger partial charge in [0, 0.05) is 54.6 Å². The smallest absolute Gasteiger partial charge is 0.243 e. The molecule has 0 unspecified atom stereocenters. The van der Waals surface area contributed by atoms with E-state index in [2.05, 4.69) is 22.8 Å². The molecular weight excluding hydrogens is 667 g/mol. The maximum atomic E-state index is 12.4. The highest BCUT2D eigenvalue weighted by molar-refractivity contribution is 7.99. The van der Waals surface area contributed by atoms with Gasteiger partial charge in [-0.2, -0.15) is 0 Å². The summed E-state index contributed by atoms with van der Waals surface area (Å²) in [6.07, 6.45) is 2.38. The minimum atomic E-state index is -0.602. The number of ether oxygens (including phenoxy) is 2. The topological polar surface area (TPSA) is 146 Å². The lowest BCUT2D eigenvalue weighted by atomic mass is 9.99. The third-order valence-electron chi connectivity index (χ3n) is 8.57. The largest absolute Gasteiger partial charge is 0.392 e. The van der Waals surface area contributed by atoms with Crippen molar-refractivity contribution < 1.29 is 34.2 Å². The number of aliphatic hydroxyl groups excluding tert-OH is 1. The van der Waals surface area contributed by atoms with E-state index in [4.69, 9.17) is 14.7 Å². The summed E-state index contributed by atoms with van der Waals surface area (Å²) < 4.78 is 13.2. The van der Waals surface area contributed by atoms with Crippen LogP contribution in [0.25, 0.3) is 11.1 Å². The second-order valence-corrected chi connectivity index (χ2v) is 13.7. The molecule has 11 heteroatoms. The predicted octanol–water partition coefficient (Wildman–Crippen LogP) is 7.21. The molecule has 3 amide bonds. The second-order valence-electron chi connectivity index (χ2n) is 12.6. The molecule has 268 valence electrons. The van der Waals surface area contributed by atoms with E-state index in [0.717, 1.165) is 50.4 Å². The lowest BCUT2D eigenvalue weighted by Crippen LogP contribution is -2.31. The Balaban J connectivity index is 1.24. The van der Waals surface area contributed by atoms with Crippen molar-refractivity contribution in [2.45, 2.75) is 82.0 Å². The van der Waals surface area contributed by atoms with Crippen molar-refractivity contribution in [3.63, 3.8) is 0 Å². The van der Waals surface area contributed by atoms with Crippen molar-refractivity contribution in [2.75, 3.05) is 11.1 Å². The third-order valence-corrected chi connectivity index (χ3v) is 9.71. The predicted molar refractivity (Wildman–Crippen MR) is 197 cm³/mol. The Morgan fingerprint density at radius 2 is 1.49 bits per heavy atom. The Morgan fingerprint density at radius 3 is 2.20 bits per heavy atom. The molecule has 4 aromatic carbocycles. The highest BCUT2D eigenvalue weighted by atomic mass is 32.2. The molecule has 0 bridgehead atoms. The zero-order valence-corrected chi connectivity index (χ0v) is 29.5. The number of hydrogen-bond acceptors (Lipinski definition) is 8. The first-order valence-electron chi connectivity index (χ1n) is 17.2. The van der Waals surface area contributed by atoms with Gasteiger partial charge in [-0.1, -0.05) is 67.1 Å². The van der Waals surface area contributed by atoms with Gasteiger partial charge in [0.2, 0.25) is 17.7 Å². The number of rotatable bonds is 16. The Bertz CT molecular complexity index is 1750. The van der Waals surface area contributed by atoms with Crippen LogP contribution in [-0.2, 0) is 37.0 Å². The average molecular weight is 712 g/mol. The van der Waals surface area contributed by atoms with Crippen molar-refractivity contribution in [3.05, 3.63) is 119 Å². The molecule has 3 atom stereocenters. The molecule has 0 aliphatic carbocycles. The SMILES string of the molecule is CC(=O)Nc1ccc(SC[C@@H]2C[C@H](c3ccc(CO)cc3)O[C@H](c3cccc(-c4cccc(CNC(=O)CCCCCC(=O)NO)c4)c3)O2)cc1. The van der Waals surface area contributed by atoms with Crippen LogP contribution in [0.4, 0.5) is 5.69 Å². The Kier molecular flexibility index (Phi) is 14.2. The van der Waals surface area contributed by atoms with E-state index in [9.17, 15) is 19.5 Å². The number of unbranched alkanes of at least 4 members (excludes halogenated alkanes) is 2. The van der Waals surface area contributed by atoms with Crippen LogP contribution in [0.1, 0.15) is 80.1 Å². The molecule has 1 aliphatic rings. The number of carbonyl (C=O) groups excluding carboxylic acids is 3.